The Balaban J connectivity index is 1.54. The molecule has 0 saturated heterocycles. The van der Waals surface area contributed by atoms with Gasteiger partial charge in [-0.15, -0.1) is 0 Å². The summed E-state index contributed by atoms with van der Waals surface area (Å²) in [7, 11) is 0. The number of hydrogen-bond donors (Lipinski definition) is 1. The van der Waals surface area contributed by atoms with Gasteiger partial charge in [-0.2, -0.15) is 4.98 Å². The number of amides is 1. The summed E-state index contributed by atoms with van der Waals surface area (Å²) in [4.78, 5) is 20.6. The molecule has 0 fully saturated rings. The molecule has 0 radical (unpaired) electrons. The van der Waals surface area contributed by atoms with Crippen LogP contribution in [0.1, 0.15) is 52.8 Å². The van der Waals surface area contributed by atoms with Crippen LogP contribution in [0.25, 0.3) is 11.4 Å². The van der Waals surface area contributed by atoms with E-state index in [0.29, 0.717) is 24.0 Å². The van der Waals surface area contributed by atoms with Gasteiger partial charge in [0.15, 0.2) is 5.89 Å². The second-order valence-electron chi connectivity index (χ2n) is 6.09. The van der Waals surface area contributed by atoms with Gasteiger partial charge in [-0.25, -0.2) is 4.98 Å². The number of benzene rings is 1. The van der Waals surface area contributed by atoms with E-state index in [2.05, 4.69) is 26.5 Å². The van der Waals surface area contributed by atoms with Crippen LogP contribution in [0.2, 0.25) is 0 Å². The number of fused-ring (bicyclic) bond motifs is 1. The highest BCUT2D eigenvalue weighted by atomic mass is 16.5. The third-order valence-electron chi connectivity index (χ3n) is 4.40. The van der Waals surface area contributed by atoms with Gasteiger partial charge in [-0.1, -0.05) is 24.2 Å². The topological polar surface area (TPSA) is 94.1 Å². The van der Waals surface area contributed by atoms with Crippen molar-refractivity contribution in [2.45, 2.75) is 39.2 Å². The first-order valence-electron chi connectivity index (χ1n) is 8.33. The van der Waals surface area contributed by atoms with Gasteiger partial charge < -0.3 is 14.3 Å². The largest absolute Gasteiger partial charge is 0.436 e. The maximum absolute atomic E-state index is 12.3. The SMILES string of the molecule is CCc1nc(-c2ccc3c(c2)CCC3NC(=O)c2cnc(C)o2)no1. The van der Waals surface area contributed by atoms with Gasteiger partial charge in [-0.3, -0.25) is 4.79 Å². The molecule has 0 bridgehead atoms. The van der Waals surface area contributed by atoms with Crippen LogP contribution >= 0.6 is 0 Å². The lowest BCUT2D eigenvalue weighted by Gasteiger charge is -2.13. The van der Waals surface area contributed by atoms with Crippen LogP contribution < -0.4 is 5.32 Å². The van der Waals surface area contributed by atoms with Crippen LogP contribution in [-0.2, 0) is 12.8 Å². The van der Waals surface area contributed by atoms with Gasteiger partial charge in [0.25, 0.3) is 5.91 Å². The maximum atomic E-state index is 12.3. The monoisotopic (exact) mass is 338 g/mol. The van der Waals surface area contributed by atoms with Gasteiger partial charge >= 0.3 is 0 Å². The van der Waals surface area contributed by atoms with Gasteiger partial charge in [0.05, 0.1) is 12.2 Å². The van der Waals surface area contributed by atoms with Crippen LogP contribution in [0.15, 0.2) is 33.3 Å². The van der Waals surface area contributed by atoms with Crippen molar-refractivity contribution in [1.29, 1.82) is 0 Å². The average Bonchev–Trinajstić information content (AvgIpc) is 3.34. The zero-order chi connectivity index (χ0) is 17.4. The summed E-state index contributed by atoms with van der Waals surface area (Å²) in [6.45, 7) is 3.69. The highest BCUT2D eigenvalue weighted by Crippen LogP contribution is 2.34. The molecule has 7 heteroatoms. The molecule has 25 heavy (non-hydrogen) atoms. The number of carbonyl (C=O) groups is 1. The van der Waals surface area contributed by atoms with Crippen LogP contribution in [0, 0.1) is 6.92 Å². The quantitative estimate of drug-likeness (QED) is 0.786. The summed E-state index contributed by atoms with van der Waals surface area (Å²) in [5, 5.41) is 7.03. The van der Waals surface area contributed by atoms with Crippen molar-refractivity contribution in [2.75, 3.05) is 0 Å². The Bertz CT molecular complexity index is 928. The average molecular weight is 338 g/mol. The Morgan fingerprint density at radius 1 is 1.40 bits per heavy atom. The first-order valence-corrected chi connectivity index (χ1v) is 8.33. The van der Waals surface area contributed by atoms with E-state index >= 15 is 0 Å². The number of nitrogens with one attached hydrogen (secondary N) is 1. The second-order valence-corrected chi connectivity index (χ2v) is 6.09. The fourth-order valence-electron chi connectivity index (χ4n) is 3.12. The van der Waals surface area contributed by atoms with Crippen LogP contribution in [0.3, 0.4) is 0 Å². The Morgan fingerprint density at radius 2 is 2.28 bits per heavy atom. The molecule has 7 nitrogen and oxygen atoms in total. The first kappa shape index (κ1) is 15.6. The fourth-order valence-corrected chi connectivity index (χ4v) is 3.12. The van der Waals surface area contributed by atoms with E-state index < -0.39 is 0 Å². The molecule has 0 spiro atoms. The lowest BCUT2D eigenvalue weighted by atomic mass is 10.0. The summed E-state index contributed by atoms with van der Waals surface area (Å²) in [5.74, 6) is 1.70. The number of aryl methyl sites for hydroxylation is 3. The number of hydrogen-bond acceptors (Lipinski definition) is 6. The summed E-state index contributed by atoms with van der Waals surface area (Å²) in [6.07, 6.45) is 3.91. The minimum absolute atomic E-state index is 0.0292. The van der Waals surface area contributed by atoms with E-state index in [1.807, 2.05) is 19.1 Å². The van der Waals surface area contributed by atoms with Crippen molar-refractivity contribution < 1.29 is 13.7 Å². The van der Waals surface area contributed by atoms with Crippen molar-refractivity contribution in [3.05, 3.63) is 53.1 Å². The van der Waals surface area contributed by atoms with Crippen molar-refractivity contribution in [3.63, 3.8) is 0 Å². The highest BCUT2D eigenvalue weighted by molar-refractivity contribution is 5.91. The van der Waals surface area contributed by atoms with Crippen molar-refractivity contribution >= 4 is 5.91 Å². The molecule has 1 aliphatic carbocycles. The predicted molar refractivity (Wildman–Crippen MR) is 88.9 cm³/mol. The Hall–Kier alpha value is -2.96. The second kappa shape index (κ2) is 6.16. The minimum atomic E-state index is -0.242. The Morgan fingerprint density at radius 3 is 3.00 bits per heavy atom. The smallest absolute Gasteiger partial charge is 0.289 e. The molecule has 1 aromatic carbocycles. The van der Waals surface area contributed by atoms with E-state index in [1.165, 1.54) is 11.8 Å². The minimum Gasteiger partial charge on any atom is -0.436 e. The van der Waals surface area contributed by atoms with Gasteiger partial charge in [0.2, 0.25) is 17.5 Å². The number of nitrogens with zero attached hydrogens (tertiary/aromatic N) is 3. The van der Waals surface area contributed by atoms with Gasteiger partial charge in [-0.05, 0) is 30.0 Å². The van der Waals surface area contributed by atoms with E-state index in [9.17, 15) is 4.79 Å². The van der Waals surface area contributed by atoms with E-state index in [0.717, 1.165) is 24.0 Å². The van der Waals surface area contributed by atoms with Gasteiger partial charge in [0.1, 0.15) is 0 Å². The Kier molecular flexibility index (Phi) is 3.83. The summed E-state index contributed by atoms with van der Waals surface area (Å²) in [6, 6.07) is 6.03. The van der Waals surface area contributed by atoms with Gasteiger partial charge in [0, 0.05) is 18.9 Å². The first-order chi connectivity index (χ1) is 12.1. The normalized spacial score (nSPS) is 16.0. The summed E-state index contributed by atoms with van der Waals surface area (Å²) in [5.41, 5.74) is 3.24. The van der Waals surface area contributed by atoms with E-state index in [1.54, 1.807) is 6.92 Å². The molecule has 1 N–H and O–H groups in total. The molecule has 0 aliphatic heterocycles. The molecule has 0 saturated carbocycles. The molecule has 3 aromatic rings. The lowest BCUT2D eigenvalue weighted by molar-refractivity contribution is 0.0907. The van der Waals surface area contributed by atoms with Crippen molar-refractivity contribution in [2.24, 2.45) is 0 Å². The highest BCUT2D eigenvalue weighted by Gasteiger charge is 2.26. The van der Waals surface area contributed by atoms with Crippen molar-refractivity contribution in [1.82, 2.24) is 20.4 Å². The zero-order valence-electron chi connectivity index (χ0n) is 14.1. The molecular formula is C18H18N4O3. The molecular weight excluding hydrogens is 320 g/mol. The summed E-state index contributed by atoms with van der Waals surface area (Å²) < 4.78 is 10.5. The molecule has 4 rings (SSSR count). The zero-order valence-corrected chi connectivity index (χ0v) is 14.1. The molecule has 1 amide bonds. The van der Waals surface area contributed by atoms with Crippen LogP contribution in [0.5, 0.6) is 0 Å². The lowest BCUT2D eigenvalue weighted by Crippen LogP contribution is -2.26. The summed E-state index contributed by atoms with van der Waals surface area (Å²) >= 11 is 0. The third-order valence-corrected chi connectivity index (χ3v) is 4.40. The van der Waals surface area contributed by atoms with Crippen molar-refractivity contribution in [3.8, 4) is 11.4 Å². The van der Waals surface area contributed by atoms with E-state index in [-0.39, 0.29) is 17.7 Å². The molecule has 1 atom stereocenters. The number of oxazole rings is 1. The number of carbonyl (C=O) groups excluding carboxylic acids is 1. The van der Waals surface area contributed by atoms with Crippen LogP contribution in [-0.4, -0.2) is 21.0 Å². The molecule has 1 unspecified atom stereocenters. The van der Waals surface area contributed by atoms with Crippen LogP contribution in [0.4, 0.5) is 0 Å². The molecule has 128 valence electrons. The van der Waals surface area contributed by atoms with E-state index in [4.69, 9.17) is 8.94 Å². The molecule has 2 aromatic heterocycles. The standard InChI is InChI=1S/C18H18N4O3/c1-3-16-21-17(22-25-16)12-4-6-13-11(8-12)5-7-14(13)20-18(23)15-9-19-10(2)24-15/h4,6,8-9,14H,3,5,7H2,1-2H3,(H,20,23). The maximum Gasteiger partial charge on any atom is 0.289 e. The fraction of sp³-hybridized carbons (Fsp3) is 0.333. The molecule has 1 aliphatic rings. The third kappa shape index (κ3) is 2.93. The predicted octanol–water partition coefficient (Wildman–Crippen LogP) is 3.01. The number of rotatable bonds is 4. The molecule has 2 heterocycles. The number of aromatic nitrogens is 3. The Labute approximate surface area is 144 Å².